The highest BCUT2D eigenvalue weighted by molar-refractivity contribution is 7.10. The quantitative estimate of drug-likeness (QED) is 0.913. The number of rotatable bonds is 3. The molecular weight excluding hydrogens is 252 g/mol. The third-order valence-corrected chi connectivity index (χ3v) is 5.35. The highest BCUT2D eigenvalue weighted by Gasteiger charge is 2.32. The number of thiophene rings is 1. The van der Waals surface area contributed by atoms with Gasteiger partial charge in [-0.2, -0.15) is 0 Å². The summed E-state index contributed by atoms with van der Waals surface area (Å²) in [7, 11) is 0. The lowest BCUT2D eigenvalue weighted by Gasteiger charge is -2.43. The lowest BCUT2D eigenvalue weighted by Crippen LogP contribution is -2.57. The summed E-state index contributed by atoms with van der Waals surface area (Å²) in [6, 6.07) is 5.03. The Morgan fingerprint density at radius 2 is 2.05 bits per heavy atom. The van der Waals surface area contributed by atoms with Gasteiger partial charge in [-0.3, -0.25) is 4.90 Å². The van der Waals surface area contributed by atoms with Crippen LogP contribution in [0, 0.1) is 5.41 Å². The number of hydrogen-bond acceptors (Lipinski definition) is 3. The Hall–Kier alpha value is -0.380. The molecule has 108 valence electrons. The lowest BCUT2D eigenvalue weighted by molar-refractivity contribution is 0.117. The molecule has 19 heavy (non-hydrogen) atoms. The van der Waals surface area contributed by atoms with Crippen LogP contribution in [0.4, 0.5) is 0 Å². The van der Waals surface area contributed by atoms with Gasteiger partial charge in [-0.05, 0) is 16.9 Å². The van der Waals surface area contributed by atoms with Gasteiger partial charge < -0.3 is 5.32 Å². The second kappa shape index (κ2) is 5.55. The van der Waals surface area contributed by atoms with E-state index in [1.807, 2.05) is 11.3 Å². The minimum absolute atomic E-state index is 0.258. The average molecular weight is 280 g/mol. The van der Waals surface area contributed by atoms with Crippen molar-refractivity contribution >= 4 is 11.3 Å². The average Bonchev–Trinajstić information content (AvgIpc) is 2.81. The third kappa shape index (κ3) is 3.80. The van der Waals surface area contributed by atoms with Gasteiger partial charge in [0.1, 0.15) is 0 Å². The predicted molar refractivity (Wildman–Crippen MR) is 85.0 cm³/mol. The van der Waals surface area contributed by atoms with Gasteiger partial charge >= 0.3 is 0 Å². The van der Waals surface area contributed by atoms with Crippen molar-refractivity contribution in [2.24, 2.45) is 5.41 Å². The van der Waals surface area contributed by atoms with Crippen molar-refractivity contribution in [3.63, 3.8) is 0 Å². The molecule has 2 rings (SSSR count). The first kappa shape index (κ1) is 15.0. The van der Waals surface area contributed by atoms with Crippen molar-refractivity contribution in [3.8, 4) is 0 Å². The van der Waals surface area contributed by atoms with E-state index in [-0.39, 0.29) is 5.41 Å². The van der Waals surface area contributed by atoms with E-state index in [1.165, 1.54) is 11.4 Å². The molecule has 1 aromatic heterocycles. The van der Waals surface area contributed by atoms with Crippen LogP contribution in [0.5, 0.6) is 0 Å². The largest absolute Gasteiger partial charge is 0.311 e. The Kier molecular flexibility index (Phi) is 4.38. The first-order chi connectivity index (χ1) is 8.79. The number of piperazine rings is 1. The maximum atomic E-state index is 3.67. The van der Waals surface area contributed by atoms with E-state index in [0.29, 0.717) is 11.5 Å². The second-order valence-corrected chi connectivity index (χ2v) is 8.42. The van der Waals surface area contributed by atoms with Crippen molar-refractivity contribution in [1.29, 1.82) is 0 Å². The van der Waals surface area contributed by atoms with Gasteiger partial charge in [0.05, 0.1) is 0 Å². The summed E-state index contributed by atoms with van der Waals surface area (Å²) in [5, 5.41) is 5.86. The molecule has 2 heterocycles. The summed E-state index contributed by atoms with van der Waals surface area (Å²) >= 11 is 1.88. The van der Waals surface area contributed by atoms with Gasteiger partial charge in [-0.1, -0.05) is 40.7 Å². The van der Waals surface area contributed by atoms with E-state index < -0.39 is 0 Å². The molecule has 0 bridgehead atoms. The zero-order chi connectivity index (χ0) is 14.1. The molecule has 0 saturated carbocycles. The van der Waals surface area contributed by atoms with Crippen LogP contribution in [-0.2, 0) is 5.41 Å². The van der Waals surface area contributed by atoms with E-state index >= 15 is 0 Å². The maximum absolute atomic E-state index is 3.67. The van der Waals surface area contributed by atoms with Gasteiger partial charge in [0.25, 0.3) is 0 Å². The van der Waals surface area contributed by atoms with Crippen molar-refractivity contribution in [3.05, 3.63) is 22.4 Å². The Balaban J connectivity index is 1.99. The molecule has 2 nitrogen and oxygen atoms in total. The molecule has 1 aliphatic heterocycles. The molecule has 1 fully saturated rings. The molecule has 0 aromatic carbocycles. The summed E-state index contributed by atoms with van der Waals surface area (Å²) in [5.41, 5.74) is 0.597. The maximum Gasteiger partial charge on any atom is 0.0244 e. The van der Waals surface area contributed by atoms with E-state index in [0.717, 1.165) is 19.6 Å². The number of nitrogens with one attached hydrogen (secondary N) is 1. The number of hydrogen-bond donors (Lipinski definition) is 1. The summed E-state index contributed by atoms with van der Waals surface area (Å²) in [4.78, 5) is 4.13. The second-order valence-electron chi connectivity index (χ2n) is 7.47. The molecule has 1 atom stereocenters. The molecule has 0 aliphatic carbocycles. The monoisotopic (exact) mass is 280 g/mol. The zero-order valence-electron chi connectivity index (χ0n) is 13.0. The van der Waals surface area contributed by atoms with Crippen molar-refractivity contribution in [1.82, 2.24) is 10.2 Å². The summed E-state index contributed by atoms with van der Waals surface area (Å²) in [6.45, 7) is 16.3. The molecule has 1 aromatic rings. The van der Waals surface area contributed by atoms with Crippen LogP contribution >= 0.6 is 11.3 Å². The van der Waals surface area contributed by atoms with Crippen molar-refractivity contribution < 1.29 is 0 Å². The van der Waals surface area contributed by atoms with Gasteiger partial charge in [0, 0.05) is 42.5 Å². The predicted octanol–water partition coefficient (Wildman–Crippen LogP) is 3.35. The molecule has 1 aliphatic rings. The third-order valence-electron chi connectivity index (χ3n) is 4.11. The van der Waals surface area contributed by atoms with E-state index in [9.17, 15) is 0 Å². The first-order valence-corrected chi connectivity index (χ1v) is 8.17. The summed E-state index contributed by atoms with van der Waals surface area (Å²) in [6.07, 6.45) is 0. The molecular formula is C16H28N2S. The Labute approximate surface area is 122 Å². The van der Waals surface area contributed by atoms with Gasteiger partial charge in [0.2, 0.25) is 0 Å². The van der Waals surface area contributed by atoms with Crippen LogP contribution in [0.15, 0.2) is 17.5 Å². The molecule has 1 unspecified atom stereocenters. The fourth-order valence-electron chi connectivity index (χ4n) is 2.84. The molecule has 1 saturated heterocycles. The molecule has 3 heteroatoms. The van der Waals surface area contributed by atoms with Crippen LogP contribution in [0.3, 0.4) is 0 Å². The fourth-order valence-corrected chi connectivity index (χ4v) is 3.68. The van der Waals surface area contributed by atoms with Gasteiger partial charge in [0.15, 0.2) is 0 Å². The van der Waals surface area contributed by atoms with Crippen LogP contribution in [-0.4, -0.2) is 37.1 Å². The fraction of sp³-hybridized carbons (Fsp3) is 0.750. The first-order valence-electron chi connectivity index (χ1n) is 7.29. The van der Waals surface area contributed by atoms with E-state index in [1.54, 1.807) is 0 Å². The standard InChI is InChI=1S/C16H28N2S/c1-15(2,3)13-11-18(9-8-17-13)12-16(4,5)14-7-6-10-19-14/h6-7,10,13,17H,8-9,11-12H2,1-5H3. The zero-order valence-corrected chi connectivity index (χ0v) is 13.8. The van der Waals surface area contributed by atoms with Crippen LogP contribution in [0.2, 0.25) is 0 Å². The smallest absolute Gasteiger partial charge is 0.0244 e. The van der Waals surface area contributed by atoms with Crippen LogP contribution < -0.4 is 5.32 Å². The van der Waals surface area contributed by atoms with Crippen LogP contribution in [0.25, 0.3) is 0 Å². The highest BCUT2D eigenvalue weighted by atomic mass is 32.1. The van der Waals surface area contributed by atoms with Crippen LogP contribution in [0.1, 0.15) is 39.5 Å². The highest BCUT2D eigenvalue weighted by Crippen LogP contribution is 2.30. The molecule has 1 N–H and O–H groups in total. The summed E-state index contributed by atoms with van der Waals surface area (Å²) < 4.78 is 0. The van der Waals surface area contributed by atoms with Crippen molar-refractivity contribution in [2.75, 3.05) is 26.2 Å². The summed E-state index contributed by atoms with van der Waals surface area (Å²) in [5.74, 6) is 0. The van der Waals surface area contributed by atoms with Crippen molar-refractivity contribution in [2.45, 2.75) is 46.1 Å². The topological polar surface area (TPSA) is 15.3 Å². The normalized spacial score (nSPS) is 22.7. The Bertz CT molecular complexity index is 389. The lowest BCUT2D eigenvalue weighted by atomic mass is 9.84. The van der Waals surface area contributed by atoms with E-state index in [4.69, 9.17) is 0 Å². The minimum Gasteiger partial charge on any atom is -0.311 e. The minimum atomic E-state index is 0.258. The molecule has 0 spiro atoms. The Morgan fingerprint density at radius 3 is 2.63 bits per heavy atom. The van der Waals surface area contributed by atoms with Gasteiger partial charge in [-0.15, -0.1) is 11.3 Å². The number of nitrogens with zero attached hydrogens (tertiary/aromatic N) is 1. The molecule has 0 radical (unpaired) electrons. The van der Waals surface area contributed by atoms with E-state index in [2.05, 4.69) is 62.3 Å². The van der Waals surface area contributed by atoms with Gasteiger partial charge in [-0.25, -0.2) is 0 Å². The Morgan fingerprint density at radius 1 is 1.32 bits per heavy atom. The SMILES string of the molecule is CC(C)(CN1CCNC(C(C)(C)C)C1)c1cccs1. The molecule has 0 amide bonds.